The van der Waals surface area contributed by atoms with Gasteiger partial charge in [0.05, 0.1) is 18.1 Å². The van der Waals surface area contributed by atoms with E-state index in [0.29, 0.717) is 6.42 Å². The molecule has 3 aromatic carbocycles. The van der Waals surface area contributed by atoms with Crippen LogP contribution in [-0.4, -0.2) is 29.5 Å². The van der Waals surface area contributed by atoms with E-state index in [-0.39, 0.29) is 5.91 Å². The zero-order valence-electron chi connectivity index (χ0n) is 20.0. The van der Waals surface area contributed by atoms with Crippen molar-refractivity contribution in [1.29, 1.82) is 5.26 Å². The number of benzene rings is 3. The third-order valence-corrected chi connectivity index (χ3v) is 5.24. The molecule has 1 amide bonds. The summed E-state index contributed by atoms with van der Waals surface area (Å²) in [7, 11) is 1.93. The molecule has 1 aromatic heterocycles. The first-order valence-corrected chi connectivity index (χ1v) is 11.4. The van der Waals surface area contributed by atoms with Crippen LogP contribution in [0.15, 0.2) is 91.3 Å². The lowest BCUT2D eigenvalue weighted by atomic mass is 10.1. The molecule has 176 valence electrons. The lowest BCUT2D eigenvalue weighted by Crippen LogP contribution is -2.14. The minimum Gasteiger partial charge on any atom is -0.326 e. The Hall–Kier alpha value is -4.34. The van der Waals surface area contributed by atoms with Gasteiger partial charge in [-0.15, -0.1) is 0 Å². The molecule has 35 heavy (non-hydrogen) atoms. The van der Waals surface area contributed by atoms with Crippen LogP contribution in [0.1, 0.15) is 22.5 Å². The molecule has 0 spiro atoms. The normalized spacial score (nSPS) is 9.97. The van der Waals surface area contributed by atoms with Crippen molar-refractivity contribution in [2.45, 2.75) is 19.8 Å². The molecular weight excluding hydrogens is 434 g/mol. The molecule has 4 rings (SSSR count). The smallest absolute Gasteiger partial charge is 0.228 e. The van der Waals surface area contributed by atoms with Crippen molar-refractivity contribution in [2.75, 3.05) is 18.9 Å². The predicted octanol–water partition coefficient (Wildman–Crippen LogP) is 4.95. The molecule has 0 saturated carbocycles. The molecule has 0 bridgehead atoms. The summed E-state index contributed by atoms with van der Waals surface area (Å²) in [5, 5.41) is 14.5. The first-order valence-electron chi connectivity index (χ1n) is 11.4. The lowest BCUT2D eigenvalue weighted by Gasteiger charge is -2.07. The number of carbonyl (C=O) groups is 1. The number of likely N-dealkylation sites (N-methyl/N-ethyl adjacent to an activating group) is 1. The number of anilines is 1. The quantitative estimate of drug-likeness (QED) is 0.405. The molecule has 0 aliphatic rings. The number of nitrogens with one attached hydrogen (secondary N) is 2. The van der Waals surface area contributed by atoms with Crippen molar-refractivity contribution in [2.24, 2.45) is 0 Å². The van der Waals surface area contributed by atoms with Gasteiger partial charge in [0, 0.05) is 23.6 Å². The topological polar surface area (TPSA) is 90.7 Å². The average molecular weight is 464 g/mol. The van der Waals surface area contributed by atoms with Gasteiger partial charge in [0.25, 0.3) is 0 Å². The number of carbonyl (C=O) groups excluding carboxylic acids is 1. The number of nitrogens with zero attached hydrogens (tertiary/aromatic N) is 3. The van der Waals surface area contributed by atoms with Crippen LogP contribution in [0.4, 0.5) is 5.69 Å². The highest BCUT2D eigenvalue weighted by atomic mass is 16.1. The van der Waals surface area contributed by atoms with E-state index in [9.17, 15) is 4.79 Å². The maximum Gasteiger partial charge on any atom is 0.228 e. The molecule has 0 aliphatic heterocycles. The Balaban J connectivity index is 0.000000241. The van der Waals surface area contributed by atoms with E-state index in [1.54, 1.807) is 12.4 Å². The Labute approximate surface area is 206 Å². The van der Waals surface area contributed by atoms with Crippen molar-refractivity contribution in [3.8, 4) is 17.2 Å². The first kappa shape index (κ1) is 25.3. The highest BCUT2D eigenvalue weighted by Gasteiger charge is 2.05. The van der Waals surface area contributed by atoms with Crippen LogP contribution < -0.4 is 10.6 Å². The molecule has 0 unspecified atom stereocenters. The summed E-state index contributed by atoms with van der Waals surface area (Å²) >= 11 is 0. The van der Waals surface area contributed by atoms with E-state index in [1.807, 2.05) is 92.8 Å². The molecule has 0 atom stereocenters. The number of amides is 1. The zero-order valence-corrected chi connectivity index (χ0v) is 20.0. The van der Waals surface area contributed by atoms with E-state index >= 15 is 0 Å². The maximum absolute atomic E-state index is 12.0. The van der Waals surface area contributed by atoms with E-state index in [2.05, 4.69) is 26.7 Å². The van der Waals surface area contributed by atoms with E-state index < -0.39 is 0 Å². The van der Waals surface area contributed by atoms with Gasteiger partial charge in [-0.3, -0.25) is 4.79 Å². The van der Waals surface area contributed by atoms with Crippen LogP contribution in [0.25, 0.3) is 11.1 Å². The van der Waals surface area contributed by atoms with Gasteiger partial charge < -0.3 is 10.6 Å². The van der Waals surface area contributed by atoms with Crippen molar-refractivity contribution in [3.63, 3.8) is 0 Å². The number of rotatable bonds is 7. The Bertz CT molecular complexity index is 1230. The van der Waals surface area contributed by atoms with E-state index in [0.717, 1.165) is 46.7 Å². The van der Waals surface area contributed by atoms with Crippen LogP contribution in [0, 0.1) is 18.3 Å². The standard InChI is InChI=1S/C19H17N3O.C10H12N2/c1-14-20-12-17(13-21-14)16-7-9-18(10-8-16)22-19(23)11-15-5-3-2-4-6-15;1-12-7-6-9-2-4-10(8-11)5-3-9/h2-10,12-13H,11H2,1H3,(H,22,23);2-5,12H,6-7H2,1H3. The molecule has 0 saturated heterocycles. The summed E-state index contributed by atoms with van der Waals surface area (Å²) in [5.74, 6) is 0.723. The molecule has 2 N–H and O–H groups in total. The van der Waals surface area contributed by atoms with E-state index in [1.165, 1.54) is 5.56 Å². The fourth-order valence-electron chi connectivity index (χ4n) is 3.29. The zero-order chi connectivity index (χ0) is 24.9. The number of nitriles is 1. The third kappa shape index (κ3) is 8.50. The molecule has 6 nitrogen and oxygen atoms in total. The van der Waals surface area contributed by atoms with Crippen LogP contribution >= 0.6 is 0 Å². The van der Waals surface area contributed by atoms with Crippen LogP contribution in [-0.2, 0) is 17.6 Å². The minimum absolute atomic E-state index is 0.0254. The van der Waals surface area contributed by atoms with Crippen molar-refractivity contribution in [3.05, 3.63) is 114 Å². The second-order valence-electron chi connectivity index (χ2n) is 7.97. The molecule has 4 aromatic rings. The molecule has 0 radical (unpaired) electrons. The fraction of sp³-hybridized carbons (Fsp3) is 0.172. The summed E-state index contributed by atoms with van der Waals surface area (Å²) in [5.41, 5.74) is 5.75. The monoisotopic (exact) mass is 463 g/mol. The summed E-state index contributed by atoms with van der Waals surface area (Å²) < 4.78 is 0. The Kier molecular flexibility index (Phi) is 9.67. The SMILES string of the molecule is CNCCc1ccc(C#N)cc1.Cc1ncc(-c2ccc(NC(=O)Cc3ccccc3)cc2)cn1. The molecular formula is C29H29N5O. The van der Waals surface area contributed by atoms with Crippen LogP contribution in [0.3, 0.4) is 0 Å². The summed E-state index contributed by atoms with van der Waals surface area (Å²) in [6.45, 7) is 2.83. The van der Waals surface area contributed by atoms with Crippen LogP contribution in [0.5, 0.6) is 0 Å². The number of hydrogen-bond acceptors (Lipinski definition) is 5. The first-order chi connectivity index (χ1) is 17.1. The summed E-state index contributed by atoms with van der Waals surface area (Å²) in [6, 6.07) is 27.2. The van der Waals surface area contributed by atoms with Crippen molar-refractivity contribution < 1.29 is 4.79 Å². The van der Waals surface area contributed by atoms with Gasteiger partial charge in [0.2, 0.25) is 5.91 Å². The van der Waals surface area contributed by atoms with Gasteiger partial charge in [-0.05, 0) is 67.9 Å². The predicted molar refractivity (Wildman–Crippen MR) is 140 cm³/mol. The van der Waals surface area contributed by atoms with Gasteiger partial charge >= 0.3 is 0 Å². The van der Waals surface area contributed by atoms with Crippen molar-refractivity contribution in [1.82, 2.24) is 15.3 Å². The largest absolute Gasteiger partial charge is 0.326 e. The Morgan fingerprint density at radius 2 is 1.51 bits per heavy atom. The minimum atomic E-state index is -0.0254. The molecule has 1 heterocycles. The fourth-order valence-corrected chi connectivity index (χ4v) is 3.29. The van der Waals surface area contributed by atoms with Gasteiger partial charge in [-0.25, -0.2) is 9.97 Å². The second kappa shape index (κ2) is 13.4. The van der Waals surface area contributed by atoms with Gasteiger partial charge in [-0.1, -0.05) is 54.6 Å². The number of aromatic nitrogens is 2. The number of hydrogen-bond donors (Lipinski definition) is 2. The van der Waals surface area contributed by atoms with Gasteiger partial charge in [-0.2, -0.15) is 5.26 Å². The van der Waals surface area contributed by atoms with Gasteiger partial charge in [0.15, 0.2) is 0 Å². The molecule has 0 aliphatic carbocycles. The highest BCUT2D eigenvalue weighted by Crippen LogP contribution is 2.20. The Morgan fingerprint density at radius 1 is 0.857 bits per heavy atom. The highest BCUT2D eigenvalue weighted by molar-refractivity contribution is 5.92. The maximum atomic E-state index is 12.0. The number of aryl methyl sites for hydroxylation is 1. The van der Waals surface area contributed by atoms with Crippen LogP contribution in [0.2, 0.25) is 0 Å². The molecule has 0 fully saturated rings. The Morgan fingerprint density at radius 3 is 2.11 bits per heavy atom. The third-order valence-electron chi connectivity index (χ3n) is 5.24. The average Bonchev–Trinajstić information content (AvgIpc) is 2.90. The summed E-state index contributed by atoms with van der Waals surface area (Å²) in [4.78, 5) is 20.4. The van der Waals surface area contributed by atoms with Gasteiger partial charge in [0.1, 0.15) is 5.82 Å². The van der Waals surface area contributed by atoms with Crippen molar-refractivity contribution >= 4 is 11.6 Å². The van der Waals surface area contributed by atoms with E-state index in [4.69, 9.17) is 5.26 Å². The lowest BCUT2D eigenvalue weighted by molar-refractivity contribution is -0.115. The molecule has 6 heteroatoms. The summed E-state index contributed by atoms with van der Waals surface area (Å²) in [6.07, 6.45) is 4.98. The second-order valence-corrected chi connectivity index (χ2v) is 7.97.